The van der Waals surface area contributed by atoms with E-state index in [1.54, 1.807) is 23.3 Å². The van der Waals surface area contributed by atoms with Gasteiger partial charge < -0.3 is 75.4 Å². The van der Waals surface area contributed by atoms with Gasteiger partial charge in [0.1, 0.15) is 18.3 Å². The number of carbonyl (C=O) groups excluding carboxylic acids is 1. The maximum absolute atomic E-state index is 13.7. The summed E-state index contributed by atoms with van der Waals surface area (Å²) < 4.78 is 29.1. The van der Waals surface area contributed by atoms with Crippen LogP contribution in [0.15, 0.2) is 64.7 Å². The van der Waals surface area contributed by atoms with Gasteiger partial charge in [-0.2, -0.15) is 0 Å². The topological polar surface area (TPSA) is 288 Å². The molecule has 4 aliphatic rings. The Bertz CT molecular complexity index is 1460. The van der Waals surface area contributed by atoms with Gasteiger partial charge in [0.2, 0.25) is 12.1 Å². The molecule has 19 nitrogen and oxygen atoms in total. The zero-order valence-electron chi connectivity index (χ0n) is 30.2. The summed E-state index contributed by atoms with van der Waals surface area (Å²) in [6.07, 6.45) is 2.43. The van der Waals surface area contributed by atoms with Gasteiger partial charge in [0.25, 0.3) is 0 Å². The SMILES string of the molecule is C=C[C@H]1[C@H](O[C@@H]2O[C@H](CO)[C@@H](O)C(O)(O)[C@H]2OCNC)OC=C(C(=O)OC2CCCC2)[C@H]1C=CC1=CN(CCO)CC(C(=O)O)=C1NC(N)=NCCCO. The molecule has 4 rings (SSSR count). The average molecular weight is 768 g/mol. The van der Waals surface area contributed by atoms with Crippen LogP contribution in [0.1, 0.15) is 32.1 Å². The molecule has 0 aromatic rings. The van der Waals surface area contributed by atoms with Crippen molar-refractivity contribution in [1.82, 2.24) is 15.5 Å². The minimum atomic E-state index is -2.94. The summed E-state index contributed by atoms with van der Waals surface area (Å²) >= 11 is 0. The van der Waals surface area contributed by atoms with Crippen molar-refractivity contribution >= 4 is 17.9 Å². The lowest BCUT2D eigenvalue weighted by atomic mass is 9.83. The second-order valence-electron chi connectivity index (χ2n) is 13.2. The number of carboxylic acid groups (broad SMARTS) is 1. The maximum Gasteiger partial charge on any atom is 0.338 e. The Morgan fingerprint density at radius 1 is 1.19 bits per heavy atom. The summed E-state index contributed by atoms with van der Waals surface area (Å²) in [6, 6.07) is 0. The first kappa shape index (κ1) is 42.8. The Hall–Kier alpha value is -3.89. The van der Waals surface area contributed by atoms with Crippen LogP contribution in [0.4, 0.5) is 0 Å². The molecular weight excluding hydrogens is 714 g/mol. The van der Waals surface area contributed by atoms with Crippen molar-refractivity contribution in [3.63, 3.8) is 0 Å². The molecular formula is C35H53N5O14. The van der Waals surface area contributed by atoms with Crippen LogP contribution in [-0.2, 0) is 33.3 Å². The van der Waals surface area contributed by atoms with Crippen molar-refractivity contribution in [1.29, 1.82) is 0 Å². The minimum absolute atomic E-state index is 0.0726. The van der Waals surface area contributed by atoms with Crippen LogP contribution in [0.3, 0.4) is 0 Å². The molecule has 1 aliphatic carbocycles. The van der Waals surface area contributed by atoms with E-state index in [4.69, 9.17) is 34.5 Å². The summed E-state index contributed by atoms with van der Waals surface area (Å²) in [5.41, 5.74) is 6.48. The molecule has 0 radical (unpaired) electrons. The number of aliphatic carboxylic acids is 1. The average Bonchev–Trinajstić information content (AvgIpc) is 3.65. The molecule has 3 aliphatic heterocycles. The number of nitrogens with zero attached hydrogens (tertiary/aromatic N) is 2. The number of carbonyl (C=O) groups is 2. The molecule has 7 atom stereocenters. The Kier molecular flexibility index (Phi) is 16.0. The first-order valence-electron chi connectivity index (χ1n) is 17.8. The van der Waals surface area contributed by atoms with E-state index in [0.29, 0.717) is 24.8 Å². The summed E-state index contributed by atoms with van der Waals surface area (Å²) in [7, 11) is 1.54. The lowest BCUT2D eigenvalue weighted by molar-refractivity contribution is -0.410. The number of nitrogens with one attached hydrogen (secondary N) is 2. The highest BCUT2D eigenvalue weighted by molar-refractivity contribution is 5.92. The van der Waals surface area contributed by atoms with Crippen LogP contribution in [0.5, 0.6) is 0 Å². The number of guanidine groups is 1. The van der Waals surface area contributed by atoms with Crippen LogP contribution < -0.4 is 16.4 Å². The number of aliphatic hydroxyl groups is 6. The fourth-order valence-corrected chi connectivity index (χ4v) is 6.55. The zero-order chi connectivity index (χ0) is 39.4. The van der Waals surface area contributed by atoms with Gasteiger partial charge in [-0.1, -0.05) is 18.2 Å². The number of β-amino-alcohol motifs (C(OH)–C–C–N with tert-alkyl or cyclic N) is 1. The normalized spacial score (nSPS) is 29.1. The van der Waals surface area contributed by atoms with E-state index in [-0.39, 0.29) is 68.5 Å². The third-order valence-electron chi connectivity index (χ3n) is 9.37. The van der Waals surface area contributed by atoms with Gasteiger partial charge in [-0.05, 0) is 39.2 Å². The second-order valence-corrected chi connectivity index (χ2v) is 13.2. The zero-order valence-corrected chi connectivity index (χ0v) is 30.2. The molecule has 0 unspecified atom stereocenters. The summed E-state index contributed by atoms with van der Waals surface area (Å²) in [4.78, 5) is 31.9. The van der Waals surface area contributed by atoms with Gasteiger partial charge in [-0.25, -0.2) is 9.59 Å². The molecule has 2 fully saturated rings. The van der Waals surface area contributed by atoms with Gasteiger partial charge in [0, 0.05) is 37.4 Å². The van der Waals surface area contributed by atoms with Crippen LogP contribution >= 0.6 is 0 Å². The number of nitrogens with two attached hydrogens (primary N) is 1. The van der Waals surface area contributed by atoms with Crippen LogP contribution in [-0.4, -0.2) is 155 Å². The highest BCUT2D eigenvalue weighted by Crippen LogP contribution is 2.39. The monoisotopic (exact) mass is 767 g/mol. The van der Waals surface area contributed by atoms with E-state index in [0.717, 1.165) is 19.1 Å². The minimum Gasteiger partial charge on any atom is -0.478 e. The number of ether oxygens (including phenoxy) is 5. The third kappa shape index (κ3) is 10.4. The van der Waals surface area contributed by atoms with Crippen molar-refractivity contribution in [3.8, 4) is 0 Å². The van der Waals surface area contributed by atoms with E-state index < -0.39 is 67.1 Å². The van der Waals surface area contributed by atoms with Gasteiger partial charge in [-0.15, -0.1) is 6.58 Å². The Labute approximate surface area is 312 Å². The van der Waals surface area contributed by atoms with E-state index in [1.807, 2.05) is 0 Å². The van der Waals surface area contributed by atoms with Crippen molar-refractivity contribution in [3.05, 3.63) is 59.7 Å². The fourth-order valence-electron chi connectivity index (χ4n) is 6.55. The van der Waals surface area contributed by atoms with Gasteiger partial charge in [-0.3, -0.25) is 10.3 Å². The molecule has 3 heterocycles. The van der Waals surface area contributed by atoms with E-state index in [2.05, 4.69) is 22.2 Å². The number of allylic oxidation sites excluding steroid dienone is 2. The molecule has 0 aromatic carbocycles. The van der Waals surface area contributed by atoms with Crippen LogP contribution in [0, 0.1) is 11.8 Å². The predicted molar refractivity (Wildman–Crippen MR) is 189 cm³/mol. The van der Waals surface area contributed by atoms with Crippen molar-refractivity contribution < 1.29 is 69.0 Å². The number of rotatable bonds is 18. The van der Waals surface area contributed by atoms with Crippen molar-refractivity contribution in [2.75, 3.05) is 53.2 Å². The molecule has 1 saturated carbocycles. The molecule has 0 amide bonds. The smallest absolute Gasteiger partial charge is 0.338 e. The Morgan fingerprint density at radius 2 is 1.93 bits per heavy atom. The largest absolute Gasteiger partial charge is 0.478 e. The Balaban J connectivity index is 1.74. The fraction of sp³-hybridized carbons (Fsp3) is 0.629. The van der Waals surface area contributed by atoms with Crippen LogP contribution in [0.2, 0.25) is 0 Å². The summed E-state index contributed by atoms with van der Waals surface area (Å²) in [5.74, 6) is -6.80. The number of carboxylic acids is 1. The lowest BCUT2D eigenvalue weighted by Crippen LogP contribution is -2.69. The van der Waals surface area contributed by atoms with Gasteiger partial charge in [0.15, 0.2) is 18.4 Å². The molecule has 0 bridgehead atoms. The predicted octanol–water partition coefficient (Wildman–Crippen LogP) is -2.16. The number of esters is 1. The molecule has 1 saturated heterocycles. The van der Waals surface area contributed by atoms with Crippen LogP contribution in [0.25, 0.3) is 0 Å². The van der Waals surface area contributed by atoms with E-state index in [1.165, 1.54) is 13.1 Å². The number of hydrogen-bond acceptors (Lipinski definition) is 16. The molecule has 302 valence electrons. The number of hydrogen-bond donors (Lipinski definition) is 10. The second kappa shape index (κ2) is 20.1. The third-order valence-corrected chi connectivity index (χ3v) is 9.37. The van der Waals surface area contributed by atoms with E-state index in [9.17, 15) is 40.2 Å². The van der Waals surface area contributed by atoms with E-state index >= 15 is 0 Å². The number of aliphatic imine (C=N–C) groups is 1. The van der Waals surface area contributed by atoms with Gasteiger partial charge >= 0.3 is 11.9 Å². The maximum atomic E-state index is 13.7. The molecule has 54 heavy (non-hydrogen) atoms. The highest BCUT2D eigenvalue weighted by atomic mass is 16.8. The first-order chi connectivity index (χ1) is 25.9. The summed E-state index contributed by atoms with van der Waals surface area (Å²) in [5, 5.41) is 76.7. The highest BCUT2D eigenvalue weighted by Gasteiger charge is 2.57. The van der Waals surface area contributed by atoms with Crippen molar-refractivity contribution in [2.45, 2.75) is 74.9 Å². The Morgan fingerprint density at radius 3 is 2.56 bits per heavy atom. The lowest BCUT2D eigenvalue weighted by Gasteiger charge is -2.47. The standard InChI is InChI=1S/C35H53N5O14/c1-3-22-23(10-9-20-15-40(12-14-42)16-24(30(45)46)27(20)39-34(36)38-11-6-13-41)25(31(47)52-21-7-4-5-8-21)18-50-32(22)54-33-29(51-19-37-2)35(48,49)28(44)26(17-43)53-33/h3,9-10,15,18,21-23,26,28-29,32-33,37,41-44,48-49H,1,4-8,11-14,16-17,19H2,2H3,(H,45,46)(H3,36,38,39)/t22-,23+,26-,28-,29+,32+,33+/m1/s1. The molecule has 0 spiro atoms. The quantitative estimate of drug-likeness (QED) is 0.0178. The number of aliphatic hydroxyl groups excluding tert-OH is 4. The molecule has 19 heteroatoms. The molecule has 11 N–H and O–H groups in total. The van der Waals surface area contributed by atoms with Gasteiger partial charge in [0.05, 0.1) is 55.5 Å². The van der Waals surface area contributed by atoms with Crippen molar-refractivity contribution in [2.24, 2.45) is 22.6 Å². The molecule has 0 aromatic heterocycles. The summed E-state index contributed by atoms with van der Waals surface area (Å²) in [6.45, 7) is 2.72. The first-order valence-corrected chi connectivity index (χ1v) is 17.8.